The van der Waals surface area contributed by atoms with E-state index in [4.69, 9.17) is 9.40 Å². The Hall–Kier alpha value is -5.77. The fraction of sp³-hybridized carbons (Fsp3) is 0. The van der Waals surface area contributed by atoms with E-state index in [-0.39, 0.29) is 0 Å². The third-order valence-electron chi connectivity index (χ3n) is 9.28. The minimum Gasteiger partial charge on any atom is -0.455 e. The molecule has 0 amide bonds. The predicted octanol–water partition coefficient (Wildman–Crippen LogP) is 12.7. The fourth-order valence-corrected chi connectivity index (χ4v) is 8.42. The second-order valence-corrected chi connectivity index (χ2v) is 12.9. The van der Waals surface area contributed by atoms with Gasteiger partial charge in [-0.2, -0.15) is 0 Å². The second kappa shape index (κ2) is 9.87. The second-order valence-electron chi connectivity index (χ2n) is 11.8. The van der Waals surface area contributed by atoms with E-state index in [1.807, 2.05) is 17.4 Å². The third-order valence-corrected chi connectivity index (χ3v) is 10.5. The Labute approximate surface area is 268 Å². The molecule has 3 heterocycles. The average molecular weight is 604 g/mol. The van der Waals surface area contributed by atoms with Gasteiger partial charge in [0.2, 0.25) is 0 Å². The molecule has 0 aliphatic rings. The van der Waals surface area contributed by atoms with E-state index in [1.54, 1.807) is 0 Å². The molecule has 46 heavy (non-hydrogen) atoms. The number of furan rings is 1. The Morgan fingerprint density at radius 3 is 1.96 bits per heavy atom. The van der Waals surface area contributed by atoms with Crippen LogP contribution in [0.4, 0.5) is 0 Å². The summed E-state index contributed by atoms with van der Waals surface area (Å²) in [5.74, 6) is 0. The largest absolute Gasteiger partial charge is 0.455 e. The van der Waals surface area contributed by atoms with Crippen molar-refractivity contribution in [1.82, 2.24) is 4.98 Å². The van der Waals surface area contributed by atoms with Crippen LogP contribution in [0.25, 0.3) is 97.3 Å². The molecule has 0 aliphatic carbocycles. The molecular weight excluding hydrogens is 579 g/mol. The van der Waals surface area contributed by atoms with Gasteiger partial charge in [-0.15, -0.1) is 11.3 Å². The monoisotopic (exact) mass is 603 g/mol. The minimum atomic E-state index is 0.887. The first-order valence-corrected chi connectivity index (χ1v) is 16.4. The van der Waals surface area contributed by atoms with Crippen LogP contribution in [0.5, 0.6) is 0 Å². The van der Waals surface area contributed by atoms with Gasteiger partial charge in [-0.05, 0) is 41.0 Å². The van der Waals surface area contributed by atoms with E-state index in [2.05, 4.69) is 146 Å². The number of nitrogens with zero attached hydrogens (tertiary/aromatic N) is 1. The van der Waals surface area contributed by atoms with Crippen LogP contribution in [0.3, 0.4) is 0 Å². The number of para-hydroxylation sites is 2. The molecule has 7 aromatic carbocycles. The van der Waals surface area contributed by atoms with Crippen molar-refractivity contribution < 1.29 is 4.42 Å². The maximum Gasteiger partial charge on any atom is 0.143 e. The maximum absolute atomic E-state index is 6.73. The summed E-state index contributed by atoms with van der Waals surface area (Å²) in [6, 6.07) is 54.0. The number of pyridine rings is 1. The first kappa shape index (κ1) is 25.5. The van der Waals surface area contributed by atoms with E-state index in [0.29, 0.717) is 0 Å². The molecule has 2 nitrogen and oxygen atoms in total. The smallest absolute Gasteiger partial charge is 0.143 e. The topological polar surface area (TPSA) is 26.0 Å². The molecule has 0 fully saturated rings. The summed E-state index contributed by atoms with van der Waals surface area (Å²) in [7, 11) is 0. The molecule has 0 saturated carbocycles. The lowest BCUT2D eigenvalue weighted by Crippen LogP contribution is -1.90. The lowest BCUT2D eigenvalue weighted by Gasteiger charge is -2.11. The highest BCUT2D eigenvalue weighted by molar-refractivity contribution is 7.26. The molecule has 3 heteroatoms. The van der Waals surface area contributed by atoms with Gasteiger partial charge in [0.1, 0.15) is 11.2 Å². The van der Waals surface area contributed by atoms with Gasteiger partial charge >= 0.3 is 0 Å². The lowest BCUT2D eigenvalue weighted by molar-refractivity contribution is 0.670. The van der Waals surface area contributed by atoms with Crippen molar-refractivity contribution in [2.24, 2.45) is 0 Å². The van der Waals surface area contributed by atoms with Crippen LogP contribution in [0.1, 0.15) is 0 Å². The van der Waals surface area contributed by atoms with Crippen LogP contribution < -0.4 is 0 Å². The molecule has 0 unspecified atom stereocenters. The van der Waals surface area contributed by atoms with Crippen LogP contribution in [0, 0.1) is 0 Å². The number of thiophene rings is 1. The van der Waals surface area contributed by atoms with Gasteiger partial charge in [0.05, 0.1) is 11.2 Å². The zero-order valence-electron chi connectivity index (χ0n) is 24.7. The molecule has 0 saturated heterocycles. The first-order chi connectivity index (χ1) is 22.8. The summed E-state index contributed by atoms with van der Waals surface area (Å²) in [4.78, 5) is 5.14. The average Bonchev–Trinajstić information content (AvgIpc) is 3.70. The highest BCUT2D eigenvalue weighted by atomic mass is 32.1. The number of benzene rings is 7. The molecule has 0 atom stereocenters. The molecule has 0 radical (unpaired) electrons. The van der Waals surface area contributed by atoms with Crippen LogP contribution in [-0.2, 0) is 0 Å². The van der Waals surface area contributed by atoms with Crippen LogP contribution in [0.15, 0.2) is 156 Å². The molecule has 0 spiro atoms. The Morgan fingerprint density at radius 1 is 0.435 bits per heavy atom. The van der Waals surface area contributed by atoms with Gasteiger partial charge in [-0.25, -0.2) is 4.98 Å². The zero-order valence-corrected chi connectivity index (χ0v) is 25.5. The van der Waals surface area contributed by atoms with Crippen molar-refractivity contribution in [2.45, 2.75) is 0 Å². The minimum absolute atomic E-state index is 0.887. The van der Waals surface area contributed by atoms with Gasteiger partial charge < -0.3 is 4.42 Å². The fourth-order valence-electron chi connectivity index (χ4n) is 7.18. The van der Waals surface area contributed by atoms with Crippen LogP contribution in [-0.4, -0.2) is 4.98 Å². The molecule has 0 aliphatic heterocycles. The zero-order chi connectivity index (χ0) is 30.2. The lowest BCUT2D eigenvalue weighted by atomic mass is 9.95. The van der Waals surface area contributed by atoms with E-state index < -0.39 is 0 Å². The summed E-state index contributed by atoms with van der Waals surface area (Å²) in [6.45, 7) is 0. The summed E-state index contributed by atoms with van der Waals surface area (Å²) in [6.07, 6.45) is 0. The van der Waals surface area contributed by atoms with E-state index in [1.165, 1.54) is 36.7 Å². The Kier molecular flexibility index (Phi) is 5.48. The third kappa shape index (κ3) is 3.73. The van der Waals surface area contributed by atoms with Gasteiger partial charge in [-0.1, -0.05) is 127 Å². The maximum atomic E-state index is 6.73. The van der Waals surface area contributed by atoms with Gasteiger partial charge in [0, 0.05) is 58.2 Å². The number of rotatable bonds is 3. The molecule has 0 bridgehead atoms. The normalized spacial score (nSPS) is 11.9. The summed E-state index contributed by atoms with van der Waals surface area (Å²) in [5.41, 5.74) is 9.60. The molecule has 10 rings (SSSR count). The van der Waals surface area contributed by atoms with Crippen LogP contribution >= 0.6 is 11.3 Å². The van der Waals surface area contributed by atoms with Gasteiger partial charge in [0.25, 0.3) is 0 Å². The molecule has 3 aromatic heterocycles. The predicted molar refractivity (Wildman–Crippen MR) is 196 cm³/mol. The highest BCUT2D eigenvalue weighted by Crippen LogP contribution is 2.44. The van der Waals surface area contributed by atoms with Crippen molar-refractivity contribution in [3.8, 4) is 33.5 Å². The standard InChI is InChI=1S/C43H25NOS/c1-2-10-28(11-3-1)41-34-24-25-37-40(39(34)33-13-4-6-18-36(33)44-41)35-17-8-14-29(42(35)45-37)26-20-22-27(23-21-26)30-15-9-16-32-31-12-5-7-19-38(31)46-43(30)32/h1-25H. The quantitative estimate of drug-likeness (QED) is 0.188. The molecule has 10 aromatic rings. The SMILES string of the molecule is c1ccc(-c2nc3ccccc3c3c2ccc2oc4c(-c5ccc(-c6cccc7c6sc6ccccc67)cc5)cccc4c23)cc1. The van der Waals surface area contributed by atoms with E-state index in [9.17, 15) is 0 Å². The highest BCUT2D eigenvalue weighted by Gasteiger charge is 2.19. The number of aromatic nitrogens is 1. The van der Waals surface area contributed by atoms with Crippen molar-refractivity contribution in [1.29, 1.82) is 0 Å². The number of hydrogen-bond acceptors (Lipinski definition) is 3. The molecular formula is C43H25NOS. The number of fused-ring (bicyclic) bond motifs is 10. The summed E-state index contributed by atoms with van der Waals surface area (Å²) >= 11 is 1.87. The Balaban J connectivity index is 1.17. The Bertz CT molecular complexity index is 2790. The molecule has 214 valence electrons. The van der Waals surface area contributed by atoms with Crippen molar-refractivity contribution >= 4 is 75.1 Å². The number of hydrogen-bond donors (Lipinski definition) is 0. The van der Waals surface area contributed by atoms with Gasteiger partial charge in [0.15, 0.2) is 0 Å². The summed E-state index contributed by atoms with van der Waals surface area (Å²) < 4.78 is 9.38. The van der Waals surface area contributed by atoms with Crippen molar-refractivity contribution in [3.05, 3.63) is 152 Å². The van der Waals surface area contributed by atoms with E-state index in [0.717, 1.165) is 60.6 Å². The Morgan fingerprint density at radius 2 is 1.11 bits per heavy atom. The van der Waals surface area contributed by atoms with Crippen LogP contribution in [0.2, 0.25) is 0 Å². The molecule has 0 N–H and O–H groups in total. The van der Waals surface area contributed by atoms with E-state index >= 15 is 0 Å². The van der Waals surface area contributed by atoms with Crippen molar-refractivity contribution in [3.63, 3.8) is 0 Å². The van der Waals surface area contributed by atoms with Crippen molar-refractivity contribution in [2.75, 3.05) is 0 Å². The van der Waals surface area contributed by atoms with Gasteiger partial charge in [-0.3, -0.25) is 0 Å². The summed E-state index contributed by atoms with van der Waals surface area (Å²) in [5, 5.41) is 8.35. The first-order valence-electron chi connectivity index (χ1n) is 15.5.